The van der Waals surface area contributed by atoms with Crippen LogP contribution < -0.4 is 5.73 Å². The SMILES string of the molecule is C[C@@H](CN)C(C)(C)CC(F)(F)F. The molecule has 0 radical (unpaired) electrons. The second-order valence-corrected chi connectivity index (χ2v) is 3.92. The van der Waals surface area contributed by atoms with Crippen LogP contribution in [0.25, 0.3) is 0 Å². The van der Waals surface area contributed by atoms with E-state index in [1.807, 2.05) is 0 Å². The molecule has 0 saturated heterocycles. The highest BCUT2D eigenvalue weighted by atomic mass is 19.4. The molecule has 0 fully saturated rings. The summed E-state index contributed by atoms with van der Waals surface area (Å²) in [5.41, 5.74) is 4.55. The fourth-order valence-electron chi connectivity index (χ4n) is 1.01. The van der Waals surface area contributed by atoms with Gasteiger partial charge in [-0.2, -0.15) is 13.2 Å². The zero-order valence-electron chi connectivity index (χ0n) is 7.70. The van der Waals surface area contributed by atoms with Crippen molar-refractivity contribution >= 4 is 0 Å². The van der Waals surface area contributed by atoms with Crippen molar-refractivity contribution in [1.29, 1.82) is 0 Å². The Bertz CT molecular complexity index is 140. The topological polar surface area (TPSA) is 26.0 Å². The van der Waals surface area contributed by atoms with Gasteiger partial charge < -0.3 is 5.73 Å². The van der Waals surface area contributed by atoms with E-state index in [-0.39, 0.29) is 5.92 Å². The third-order valence-electron chi connectivity index (χ3n) is 2.34. The highest BCUT2D eigenvalue weighted by Crippen LogP contribution is 2.38. The lowest BCUT2D eigenvalue weighted by molar-refractivity contribution is -0.159. The maximum Gasteiger partial charge on any atom is 0.389 e. The summed E-state index contributed by atoms with van der Waals surface area (Å²) in [6.45, 7) is 5.23. The first-order chi connectivity index (χ1) is 5.19. The summed E-state index contributed by atoms with van der Waals surface area (Å²) in [5.74, 6) is -0.112. The average molecular weight is 183 g/mol. The Morgan fingerprint density at radius 2 is 1.67 bits per heavy atom. The average Bonchev–Trinajstić information content (AvgIpc) is 1.80. The summed E-state index contributed by atoms with van der Waals surface area (Å²) in [6.07, 6.45) is -4.86. The van der Waals surface area contributed by atoms with Gasteiger partial charge in [0.2, 0.25) is 0 Å². The van der Waals surface area contributed by atoms with Crippen LogP contribution in [-0.4, -0.2) is 12.7 Å². The monoisotopic (exact) mass is 183 g/mol. The van der Waals surface area contributed by atoms with Gasteiger partial charge in [-0.15, -0.1) is 0 Å². The summed E-state index contributed by atoms with van der Waals surface area (Å²) in [4.78, 5) is 0. The van der Waals surface area contributed by atoms with Crippen molar-refractivity contribution in [3.8, 4) is 0 Å². The van der Waals surface area contributed by atoms with Crippen LogP contribution in [0, 0.1) is 11.3 Å². The molecule has 0 bridgehead atoms. The van der Waals surface area contributed by atoms with Crippen LogP contribution in [0.3, 0.4) is 0 Å². The van der Waals surface area contributed by atoms with Crippen LogP contribution in [0.4, 0.5) is 13.2 Å². The quantitative estimate of drug-likeness (QED) is 0.715. The lowest BCUT2D eigenvalue weighted by Crippen LogP contribution is -2.32. The molecule has 1 nitrogen and oxygen atoms in total. The number of alkyl halides is 3. The van der Waals surface area contributed by atoms with Crippen molar-refractivity contribution in [1.82, 2.24) is 0 Å². The van der Waals surface area contributed by atoms with Crippen LogP contribution >= 0.6 is 0 Å². The molecule has 0 rings (SSSR count). The van der Waals surface area contributed by atoms with E-state index in [2.05, 4.69) is 0 Å². The molecule has 0 aromatic heterocycles. The Balaban J connectivity index is 4.22. The molecule has 0 aliphatic rings. The van der Waals surface area contributed by atoms with E-state index in [1.54, 1.807) is 20.8 Å². The van der Waals surface area contributed by atoms with E-state index < -0.39 is 18.0 Å². The molecule has 0 spiro atoms. The van der Waals surface area contributed by atoms with Crippen LogP contribution in [0.1, 0.15) is 27.2 Å². The van der Waals surface area contributed by atoms with Gasteiger partial charge in [0.05, 0.1) is 0 Å². The minimum atomic E-state index is -4.09. The van der Waals surface area contributed by atoms with Crippen molar-refractivity contribution in [3.05, 3.63) is 0 Å². The molecule has 1 atom stereocenters. The second kappa shape index (κ2) is 3.64. The predicted molar refractivity (Wildman–Crippen MR) is 42.7 cm³/mol. The van der Waals surface area contributed by atoms with Crippen LogP contribution in [0.5, 0.6) is 0 Å². The van der Waals surface area contributed by atoms with Gasteiger partial charge in [-0.05, 0) is 17.9 Å². The Kier molecular flexibility index (Phi) is 3.57. The molecular weight excluding hydrogens is 167 g/mol. The van der Waals surface area contributed by atoms with E-state index in [0.717, 1.165) is 0 Å². The zero-order valence-corrected chi connectivity index (χ0v) is 7.70. The summed E-state index contributed by atoms with van der Waals surface area (Å²) >= 11 is 0. The Morgan fingerprint density at radius 3 is 1.92 bits per heavy atom. The summed E-state index contributed by atoms with van der Waals surface area (Å²) < 4.78 is 36.0. The standard InChI is InChI=1S/C8H16F3N/c1-6(4-12)7(2,3)5-8(9,10)11/h6H,4-5,12H2,1-3H3/t6-/m0/s1. The van der Waals surface area contributed by atoms with Gasteiger partial charge >= 0.3 is 6.18 Å². The zero-order chi connectivity index (χ0) is 9.99. The first kappa shape index (κ1) is 11.8. The van der Waals surface area contributed by atoms with Gasteiger partial charge in [0.15, 0.2) is 0 Å². The highest BCUT2D eigenvalue weighted by molar-refractivity contribution is 4.78. The minimum absolute atomic E-state index is 0.112. The molecule has 0 aromatic carbocycles. The number of rotatable bonds is 3. The van der Waals surface area contributed by atoms with E-state index in [0.29, 0.717) is 6.54 Å². The van der Waals surface area contributed by atoms with Gasteiger partial charge in [0, 0.05) is 6.42 Å². The summed E-state index contributed by atoms with van der Waals surface area (Å²) in [7, 11) is 0. The number of nitrogens with two attached hydrogens (primary N) is 1. The summed E-state index contributed by atoms with van der Waals surface area (Å²) in [5, 5.41) is 0. The lowest BCUT2D eigenvalue weighted by atomic mass is 9.77. The molecule has 2 N–H and O–H groups in total. The fourth-order valence-corrected chi connectivity index (χ4v) is 1.01. The smallest absolute Gasteiger partial charge is 0.330 e. The maximum absolute atomic E-state index is 12.0. The fraction of sp³-hybridized carbons (Fsp3) is 1.00. The Morgan fingerprint density at radius 1 is 1.25 bits per heavy atom. The van der Waals surface area contributed by atoms with E-state index in [9.17, 15) is 13.2 Å². The van der Waals surface area contributed by atoms with Crippen molar-refractivity contribution < 1.29 is 13.2 Å². The molecule has 0 unspecified atom stereocenters. The molecule has 12 heavy (non-hydrogen) atoms. The number of hydrogen-bond donors (Lipinski definition) is 1. The molecule has 0 aromatic rings. The van der Waals surface area contributed by atoms with Gasteiger partial charge in [-0.1, -0.05) is 20.8 Å². The Labute approximate surface area is 71.1 Å². The third kappa shape index (κ3) is 3.95. The molecular formula is C8H16F3N. The second-order valence-electron chi connectivity index (χ2n) is 3.92. The largest absolute Gasteiger partial charge is 0.389 e. The molecule has 0 heterocycles. The van der Waals surface area contributed by atoms with Gasteiger partial charge in [0.1, 0.15) is 0 Å². The molecule has 0 aliphatic carbocycles. The van der Waals surface area contributed by atoms with E-state index in [1.165, 1.54) is 0 Å². The predicted octanol–water partition coefficient (Wildman–Crippen LogP) is 2.56. The van der Waals surface area contributed by atoms with Gasteiger partial charge in [-0.25, -0.2) is 0 Å². The highest BCUT2D eigenvalue weighted by Gasteiger charge is 2.38. The molecule has 74 valence electrons. The molecule has 0 amide bonds. The molecule has 0 saturated carbocycles. The van der Waals surface area contributed by atoms with Crippen molar-refractivity contribution in [2.45, 2.75) is 33.4 Å². The van der Waals surface area contributed by atoms with Crippen LogP contribution in [0.15, 0.2) is 0 Å². The third-order valence-corrected chi connectivity index (χ3v) is 2.34. The normalized spacial score (nSPS) is 16.2. The molecule has 0 aliphatic heterocycles. The van der Waals surface area contributed by atoms with Gasteiger partial charge in [0.25, 0.3) is 0 Å². The number of halogens is 3. The van der Waals surface area contributed by atoms with Crippen molar-refractivity contribution in [3.63, 3.8) is 0 Å². The van der Waals surface area contributed by atoms with Crippen LogP contribution in [-0.2, 0) is 0 Å². The van der Waals surface area contributed by atoms with E-state index >= 15 is 0 Å². The Hall–Kier alpha value is -0.250. The summed E-state index contributed by atoms with van der Waals surface area (Å²) in [6, 6.07) is 0. The van der Waals surface area contributed by atoms with Crippen LogP contribution in [0.2, 0.25) is 0 Å². The first-order valence-corrected chi connectivity index (χ1v) is 3.96. The maximum atomic E-state index is 12.0. The van der Waals surface area contributed by atoms with E-state index in [4.69, 9.17) is 5.73 Å². The van der Waals surface area contributed by atoms with Gasteiger partial charge in [-0.3, -0.25) is 0 Å². The van der Waals surface area contributed by atoms with Crippen molar-refractivity contribution in [2.75, 3.05) is 6.54 Å². The van der Waals surface area contributed by atoms with Crippen molar-refractivity contribution in [2.24, 2.45) is 17.1 Å². The minimum Gasteiger partial charge on any atom is -0.330 e. The first-order valence-electron chi connectivity index (χ1n) is 3.96. The lowest BCUT2D eigenvalue weighted by Gasteiger charge is -2.31. The molecule has 4 heteroatoms. The number of hydrogen-bond acceptors (Lipinski definition) is 1.